The standard InChI is InChI=1S/C46H94O7.2H3O3P/c1-3-5-7-9-11-13-15-17-19-21-23-25-27-29-31-33-35-44(46(40-50,41-51)43-52-42-45(37-47,38-48)39-49)53-36-34-32-30-28-26-24-22-20-18-16-14-12-10-8-6-4-2;2*1-4(2)3/h44,47-51H,3-43H2,1-2H3;2*1-3H. The lowest BCUT2D eigenvalue weighted by Crippen LogP contribution is -2.49. The smallest absolute Gasteiger partial charge is 0.324 e. The topological polar surface area (TPSA) is 241 Å². The molecule has 1 unspecified atom stereocenters. The minimum absolute atomic E-state index is 0.0320. The van der Waals surface area contributed by atoms with Crippen LogP contribution in [-0.4, -0.2) is 114 Å². The molecule has 0 bridgehead atoms. The van der Waals surface area contributed by atoms with E-state index in [-0.39, 0.29) is 32.5 Å². The molecule has 0 heterocycles. The van der Waals surface area contributed by atoms with E-state index in [4.69, 9.17) is 38.8 Å². The van der Waals surface area contributed by atoms with Crippen LogP contribution in [0, 0.1) is 10.8 Å². The zero-order valence-corrected chi connectivity index (χ0v) is 41.0. The molecule has 15 heteroatoms. The molecule has 11 N–H and O–H groups in total. The van der Waals surface area contributed by atoms with Crippen LogP contribution in [0.1, 0.15) is 226 Å². The zero-order chi connectivity index (χ0) is 46.1. The molecule has 0 amide bonds. The average molecular weight is 923 g/mol. The first-order valence-corrected chi connectivity index (χ1v) is 26.9. The first-order valence-electron chi connectivity index (χ1n) is 24.5. The minimum Gasteiger partial charge on any atom is -0.396 e. The summed E-state index contributed by atoms with van der Waals surface area (Å²) in [7, 11) is -5.24. The van der Waals surface area contributed by atoms with Crippen LogP contribution in [0.25, 0.3) is 0 Å². The Hall–Kier alpha value is 0.340. The Bertz CT molecular complexity index is 790. The number of aliphatic hydroxyl groups excluding tert-OH is 5. The van der Waals surface area contributed by atoms with Crippen LogP contribution in [0.2, 0.25) is 0 Å². The van der Waals surface area contributed by atoms with Gasteiger partial charge in [-0.1, -0.05) is 213 Å². The number of hydrogen-bond acceptors (Lipinski definition) is 13. The van der Waals surface area contributed by atoms with E-state index in [1.165, 1.54) is 180 Å². The number of hydrogen-bond donors (Lipinski definition) is 11. The molecule has 0 aromatic heterocycles. The predicted octanol–water partition coefficient (Wildman–Crippen LogP) is 9.62. The van der Waals surface area contributed by atoms with Crippen molar-refractivity contribution in [3.63, 3.8) is 0 Å². The molecule has 0 aliphatic rings. The Morgan fingerprint density at radius 1 is 0.361 bits per heavy atom. The Balaban J connectivity index is -0.00000383. The van der Waals surface area contributed by atoms with Gasteiger partial charge in [-0.05, 0) is 12.8 Å². The van der Waals surface area contributed by atoms with Crippen molar-refractivity contribution >= 4 is 17.2 Å². The van der Waals surface area contributed by atoms with Crippen LogP contribution in [0.15, 0.2) is 0 Å². The van der Waals surface area contributed by atoms with E-state index in [1.807, 2.05) is 0 Å². The van der Waals surface area contributed by atoms with E-state index in [2.05, 4.69) is 13.8 Å². The molecule has 13 nitrogen and oxygen atoms in total. The van der Waals surface area contributed by atoms with Gasteiger partial charge in [0.15, 0.2) is 0 Å². The second-order valence-electron chi connectivity index (χ2n) is 17.4. The quantitative estimate of drug-likeness (QED) is 0.0202. The van der Waals surface area contributed by atoms with Gasteiger partial charge in [-0.15, -0.1) is 0 Å². The van der Waals surface area contributed by atoms with E-state index < -0.39 is 47.9 Å². The first-order chi connectivity index (χ1) is 29.5. The van der Waals surface area contributed by atoms with Crippen molar-refractivity contribution in [1.29, 1.82) is 0 Å². The fourth-order valence-electron chi connectivity index (χ4n) is 7.52. The van der Waals surface area contributed by atoms with Gasteiger partial charge in [0.1, 0.15) is 0 Å². The summed E-state index contributed by atoms with van der Waals surface area (Å²) in [4.78, 5) is 43.4. The van der Waals surface area contributed by atoms with Gasteiger partial charge < -0.3 is 64.4 Å². The lowest BCUT2D eigenvalue weighted by molar-refractivity contribution is -0.145. The molecule has 0 spiro atoms. The Morgan fingerprint density at radius 3 is 0.885 bits per heavy atom. The highest BCUT2D eigenvalue weighted by Crippen LogP contribution is 2.31. The molecule has 0 saturated heterocycles. The van der Waals surface area contributed by atoms with Gasteiger partial charge >= 0.3 is 17.2 Å². The maximum atomic E-state index is 10.6. The van der Waals surface area contributed by atoms with E-state index in [9.17, 15) is 25.5 Å². The fraction of sp³-hybridized carbons (Fsp3) is 1.00. The van der Waals surface area contributed by atoms with Gasteiger partial charge in [0, 0.05) is 6.61 Å². The summed E-state index contributed by atoms with van der Waals surface area (Å²) in [5.74, 6) is 0. The number of rotatable bonds is 45. The summed E-state index contributed by atoms with van der Waals surface area (Å²) in [6.45, 7) is 3.31. The average Bonchev–Trinajstić information content (AvgIpc) is 3.24. The molecule has 0 aromatic rings. The van der Waals surface area contributed by atoms with Crippen molar-refractivity contribution in [2.45, 2.75) is 232 Å². The normalized spacial score (nSPS) is 12.4. The number of ether oxygens (including phenoxy) is 2. The summed E-state index contributed by atoms with van der Waals surface area (Å²) in [6, 6.07) is 0. The highest BCUT2D eigenvalue weighted by Gasteiger charge is 2.40. The maximum absolute atomic E-state index is 10.6. The van der Waals surface area contributed by atoms with E-state index in [1.54, 1.807) is 0 Å². The van der Waals surface area contributed by atoms with Gasteiger partial charge in [-0.2, -0.15) is 0 Å². The van der Waals surface area contributed by atoms with Crippen LogP contribution in [0.5, 0.6) is 0 Å². The van der Waals surface area contributed by atoms with E-state index >= 15 is 0 Å². The molecule has 0 aliphatic carbocycles. The highest BCUT2D eigenvalue weighted by molar-refractivity contribution is 7.38. The van der Waals surface area contributed by atoms with Gasteiger partial charge in [-0.3, -0.25) is 0 Å². The third kappa shape index (κ3) is 46.7. The van der Waals surface area contributed by atoms with E-state index in [0.717, 1.165) is 32.1 Å². The molecule has 61 heavy (non-hydrogen) atoms. The van der Waals surface area contributed by atoms with Crippen molar-refractivity contribution in [2.75, 3.05) is 52.9 Å². The van der Waals surface area contributed by atoms with Gasteiger partial charge in [0.25, 0.3) is 0 Å². The zero-order valence-electron chi connectivity index (χ0n) is 39.2. The molecule has 1 atom stereocenters. The SMILES string of the molecule is CCCCCCCCCCCCCCCCCCOC(CCCCCCCCCCCCCCCCCC)C(CO)(CO)COCC(CO)(CO)CO.OP(O)O.OP(O)O. The van der Waals surface area contributed by atoms with Gasteiger partial charge in [0.05, 0.1) is 63.2 Å². The van der Waals surface area contributed by atoms with Crippen LogP contribution < -0.4 is 0 Å². The number of unbranched alkanes of at least 4 members (excludes halogenated alkanes) is 30. The van der Waals surface area contributed by atoms with Gasteiger partial charge in [0.2, 0.25) is 0 Å². The Morgan fingerprint density at radius 2 is 0.623 bits per heavy atom. The van der Waals surface area contributed by atoms with Crippen molar-refractivity contribution < 1.29 is 64.4 Å². The molecule has 0 saturated carbocycles. The van der Waals surface area contributed by atoms with Gasteiger partial charge in [-0.25, -0.2) is 0 Å². The molecule has 0 fully saturated rings. The second-order valence-corrected chi connectivity index (χ2v) is 18.5. The predicted molar refractivity (Wildman–Crippen MR) is 252 cm³/mol. The fourth-order valence-corrected chi connectivity index (χ4v) is 7.52. The molecule has 0 aliphatic heterocycles. The van der Waals surface area contributed by atoms with Crippen molar-refractivity contribution in [2.24, 2.45) is 10.8 Å². The van der Waals surface area contributed by atoms with Crippen LogP contribution in [0.4, 0.5) is 0 Å². The van der Waals surface area contributed by atoms with Crippen molar-refractivity contribution in [3.05, 3.63) is 0 Å². The summed E-state index contributed by atoms with van der Waals surface area (Å²) in [5.41, 5.74) is -2.15. The lowest BCUT2D eigenvalue weighted by atomic mass is 9.81. The summed E-state index contributed by atoms with van der Waals surface area (Å²) in [5, 5.41) is 50.3. The van der Waals surface area contributed by atoms with E-state index in [0.29, 0.717) is 6.61 Å². The monoisotopic (exact) mass is 923 g/mol. The molecule has 0 rings (SSSR count). The first kappa shape index (κ1) is 65.6. The Kier molecular flexibility index (Phi) is 55.2. The van der Waals surface area contributed by atoms with Crippen LogP contribution in [-0.2, 0) is 9.47 Å². The molecule has 0 aromatic carbocycles. The van der Waals surface area contributed by atoms with Crippen LogP contribution in [0.3, 0.4) is 0 Å². The summed E-state index contributed by atoms with van der Waals surface area (Å²) >= 11 is 0. The molecule has 372 valence electrons. The lowest BCUT2D eigenvalue weighted by Gasteiger charge is -2.39. The highest BCUT2D eigenvalue weighted by atomic mass is 31.2. The van der Waals surface area contributed by atoms with Crippen molar-refractivity contribution in [3.8, 4) is 0 Å². The molecule has 0 radical (unpaired) electrons. The second kappa shape index (κ2) is 51.3. The summed E-state index contributed by atoms with van der Waals surface area (Å²) in [6.07, 6.45) is 42.5. The maximum Gasteiger partial charge on any atom is 0.324 e. The van der Waals surface area contributed by atoms with Crippen molar-refractivity contribution in [1.82, 2.24) is 0 Å². The third-order valence-electron chi connectivity index (χ3n) is 11.8. The molecular weight excluding hydrogens is 822 g/mol. The minimum atomic E-state index is -2.62. The largest absolute Gasteiger partial charge is 0.396 e. The van der Waals surface area contributed by atoms with Crippen LogP contribution >= 0.6 is 17.2 Å². The number of aliphatic hydroxyl groups is 5. The molecular formula is C46H100O13P2. The Labute approximate surface area is 376 Å². The third-order valence-corrected chi connectivity index (χ3v) is 11.8. The summed E-state index contributed by atoms with van der Waals surface area (Å²) < 4.78 is 12.3.